The molecule has 4 aliphatic rings. The van der Waals surface area contributed by atoms with Crippen molar-refractivity contribution in [2.45, 2.75) is 89.2 Å². The number of carbonyl (C=O) groups is 2. The molecule has 8 atom stereocenters. The van der Waals surface area contributed by atoms with E-state index in [2.05, 4.69) is 13.5 Å². The molecule has 6 rings (SSSR count). The summed E-state index contributed by atoms with van der Waals surface area (Å²) in [4.78, 5) is 27.1. The zero-order chi connectivity index (χ0) is 35.4. The van der Waals surface area contributed by atoms with Gasteiger partial charge in [-0.3, -0.25) is 9.59 Å². The maximum absolute atomic E-state index is 14.0. The molecule has 2 heterocycles. The Morgan fingerprint density at radius 3 is 2.41 bits per heavy atom. The highest BCUT2D eigenvalue weighted by atomic mass is 16.9. The molecule has 6 unspecified atom stereocenters. The van der Waals surface area contributed by atoms with Crippen LogP contribution in [0.1, 0.15) is 58.6 Å². The lowest BCUT2D eigenvalue weighted by molar-refractivity contribution is -0.473. The fourth-order valence-electron chi connectivity index (χ4n) is 8.53. The number of benzene rings is 2. The van der Waals surface area contributed by atoms with Crippen molar-refractivity contribution in [1.82, 2.24) is 0 Å². The summed E-state index contributed by atoms with van der Waals surface area (Å²) >= 11 is 0. The van der Waals surface area contributed by atoms with Crippen LogP contribution in [0.15, 0.2) is 84.0 Å². The first-order valence-electron chi connectivity index (χ1n) is 17.0. The average Bonchev–Trinajstić information content (AvgIpc) is 3.16. The molecule has 262 valence electrons. The normalized spacial score (nSPS) is 35.1. The van der Waals surface area contributed by atoms with E-state index in [-0.39, 0.29) is 37.6 Å². The highest BCUT2D eigenvalue weighted by molar-refractivity contribution is 6.04. The maximum atomic E-state index is 14.0. The maximum Gasteiger partial charge on any atom is 0.310 e. The second-order valence-electron chi connectivity index (χ2n) is 14.5. The molecule has 2 fully saturated rings. The first-order chi connectivity index (χ1) is 23.2. The van der Waals surface area contributed by atoms with Crippen molar-refractivity contribution in [3.05, 3.63) is 95.1 Å². The van der Waals surface area contributed by atoms with Crippen LogP contribution in [0.25, 0.3) is 0 Å². The molecule has 9 nitrogen and oxygen atoms in total. The fraction of sp³-hybridized carbons (Fsp3) is 0.500. The van der Waals surface area contributed by atoms with Crippen LogP contribution >= 0.6 is 0 Å². The summed E-state index contributed by atoms with van der Waals surface area (Å²) < 4.78 is 37.6. The van der Waals surface area contributed by atoms with Crippen LogP contribution in [-0.2, 0) is 41.4 Å². The van der Waals surface area contributed by atoms with Crippen molar-refractivity contribution in [3.63, 3.8) is 0 Å². The van der Waals surface area contributed by atoms with E-state index < -0.39 is 46.7 Å². The molecule has 49 heavy (non-hydrogen) atoms. The zero-order valence-corrected chi connectivity index (χ0v) is 29.5. The van der Waals surface area contributed by atoms with Gasteiger partial charge in [0.15, 0.2) is 17.3 Å². The number of aliphatic hydroxyl groups is 1. The lowest BCUT2D eigenvalue weighted by Crippen LogP contribution is -2.68. The van der Waals surface area contributed by atoms with Gasteiger partial charge in [0.2, 0.25) is 0 Å². The molecule has 2 aliphatic carbocycles. The lowest BCUT2D eigenvalue weighted by atomic mass is 9.61. The number of hydrogen-bond donors (Lipinski definition) is 1. The first-order valence-corrected chi connectivity index (χ1v) is 17.0. The van der Waals surface area contributed by atoms with Crippen molar-refractivity contribution in [2.24, 2.45) is 17.8 Å². The largest absolute Gasteiger partial charge is 0.493 e. The number of fused-ring (bicyclic) bond motifs is 2. The molecule has 1 spiro atoms. The predicted octanol–water partition coefficient (Wildman–Crippen LogP) is 6.07. The van der Waals surface area contributed by atoms with Gasteiger partial charge in [-0.1, -0.05) is 62.1 Å². The Labute approximate surface area is 288 Å². The van der Waals surface area contributed by atoms with Gasteiger partial charge in [0.05, 0.1) is 44.4 Å². The number of ketones is 1. The lowest BCUT2D eigenvalue weighted by Gasteiger charge is -2.57. The van der Waals surface area contributed by atoms with Gasteiger partial charge in [0.25, 0.3) is 5.97 Å². The number of rotatable bonds is 9. The van der Waals surface area contributed by atoms with Gasteiger partial charge >= 0.3 is 5.97 Å². The van der Waals surface area contributed by atoms with E-state index in [0.29, 0.717) is 34.6 Å². The second kappa shape index (κ2) is 12.8. The number of hydrogen-bond acceptors (Lipinski definition) is 9. The van der Waals surface area contributed by atoms with Crippen molar-refractivity contribution in [2.75, 3.05) is 20.8 Å². The number of esters is 1. The van der Waals surface area contributed by atoms with Gasteiger partial charge in [0.1, 0.15) is 12.2 Å². The predicted molar refractivity (Wildman–Crippen MR) is 183 cm³/mol. The average molecular weight is 673 g/mol. The van der Waals surface area contributed by atoms with Crippen molar-refractivity contribution in [1.29, 1.82) is 0 Å². The molecule has 2 aromatic carbocycles. The zero-order valence-electron chi connectivity index (χ0n) is 29.5. The molecule has 0 amide bonds. The third-order valence-electron chi connectivity index (χ3n) is 11.0. The van der Waals surface area contributed by atoms with E-state index in [1.54, 1.807) is 32.2 Å². The molecule has 2 aromatic rings. The van der Waals surface area contributed by atoms with E-state index >= 15 is 0 Å². The highest BCUT2D eigenvalue weighted by Crippen LogP contribution is 2.61. The standard InChI is InChI=1S/C40H48O9/c1-24(2)37(6)20-26(4)40-31(27(5)47-39(48-37,49-40)22-28-12-10-9-11-13-28)17-30(21-38(43)34(40)16-25(3)36(38)42)23-46-35(41)19-29-14-15-32(44-7)33(18-29)45-8/h9-18,26-27,31,34,43H,1,19-23H2,2-8H3/t26-,27?,31?,34?,37?,38?,39-,40?/m1/s1. The van der Waals surface area contributed by atoms with E-state index in [1.165, 1.54) is 7.11 Å². The minimum Gasteiger partial charge on any atom is -0.493 e. The molecule has 0 radical (unpaired) electrons. The van der Waals surface area contributed by atoms with Crippen LogP contribution in [0.5, 0.6) is 11.5 Å². The highest BCUT2D eigenvalue weighted by Gasteiger charge is 2.71. The summed E-state index contributed by atoms with van der Waals surface area (Å²) in [5.74, 6) is -2.64. The van der Waals surface area contributed by atoms with Crippen LogP contribution in [0.4, 0.5) is 0 Å². The van der Waals surface area contributed by atoms with Gasteiger partial charge < -0.3 is 33.5 Å². The first kappa shape index (κ1) is 35.1. The Kier molecular flexibility index (Phi) is 9.20. The molecule has 1 N–H and O–H groups in total. The molecule has 9 heteroatoms. The molecule has 0 saturated carbocycles. The van der Waals surface area contributed by atoms with E-state index in [4.69, 9.17) is 28.4 Å². The topological polar surface area (TPSA) is 110 Å². The van der Waals surface area contributed by atoms with Crippen LogP contribution in [0.2, 0.25) is 0 Å². The summed E-state index contributed by atoms with van der Waals surface area (Å²) in [6, 6.07) is 15.1. The molecular weight excluding hydrogens is 624 g/mol. The smallest absolute Gasteiger partial charge is 0.310 e. The Bertz CT molecular complexity index is 1700. The Morgan fingerprint density at radius 1 is 1.02 bits per heavy atom. The van der Waals surface area contributed by atoms with Crippen LogP contribution < -0.4 is 9.47 Å². The summed E-state index contributed by atoms with van der Waals surface area (Å²) in [7, 11) is 3.09. The van der Waals surface area contributed by atoms with Crippen molar-refractivity contribution < 1.29 is 43.1 Å². The number of ether oxygens (including phenoxy) is 6. The Morgan fingerprint density at radius 2 is 1.73 bits per heavy atom. The summed E-state index contributed by atoms with van der Waals surface area (Å²) in [5, 5.41) is 12.6. The van der Waals surface area contributed by atoms with Crippen molar-refractivity contribution in [3.8, 4) is 11.5 Å². The van der Waals surface area contributed by atoms with Gasteiger partial charge in [-0.25, -0.2) is 0 Å². The molecule has 2 saturated heterocycles. The number of methoxy groups -OCH3 is 2. The van der Waals surface area contributed by atoms with Crippen LogP contribution in [-0.4, -0.2) is 66.6 Å². The van der Waals surface area contributed by atoms with Gasteiger partial charge in [-0.15, -0.1) is 0 Å². The van der Waals surface area contributed by atoms with E-state index in [9.17, 15) is 14.7 Å². The Balaban J connectivity index is 1.39. The van der Waals surface area contributed by atoms with Crippen molar-refractivity contribution >= 4 is 11.8 Å². The van der Waals surface area contributed by atoms with Crippen LogP contribution in [0.3, 0.4) is 0 Å². The summed E-state index contributed by atoms with van der Waals surface area (Å²) in [6.45, 7) is 14.0. The third-order valence-corrected chi connectivity index (χ3v) is 11.0. The van der Waals surface area contributed by atoms with Gasteiger partial charge in [-0.2, -0.15) is 0 Å². The van der Waals surface area contributed by atoms with E-state index in [1.807, 2.05) is 63.3 Å². The fourth-order valence-corrected chi connectivity index (χ4v) is 8.53. The molecule has 0 aromatic heterocycles. The van der Waals surface area contributed by atoms with E-state index in [0.717, 1.165) is 11.1 Å². The minimum atomic E-state index is -1.83. The van der Waals surface area contributed by atoms with Crippen LogP contribution in [0, 0.1) is 17.8 Å². The van der Waals surface area contributed by atoms with Gasteiger partial charge in [-0.05, 0) is 80.0 Å². The molecule has 2 aliphatic heterocycles. The molecule has 2 bridgehead atoms. The number of Topliss-reactive ketones (excluding diaryl/α,β-unsaturated/α-hetero) is 1. The van der Waals surface area contributed by atoms with Gasteiger partial charge in [0, 0.05) is 18.3 Å². The summed E-state index contributed by atoms with van der Waals surface area (Å²) in [6.07, 6.45) is 4.22. The minimum absolute atomic E-state index is 0.00593. The summed E-state index contributed by atoms with van der Waals surface area (Å²) in [5.41, 5.74) is -0.192. The third kappa shape index (κ3) is 6.05. The molecular formula is C40H48O9. The SMILES string of the molecule is C=C(C)C1(C)C[C@@H](C)C23O[C@](Cc4ccccc4)(OC(C)C2C=C(COC(=O)Cc2ccc(OC)c(OC)c2)CC2(O)C(=O)C(C)=CC23)O1. The Hall–Kier alpha value is -3.76. The second-order valence-corrected chi connectivity index (χ2v) is 14.5. The monoisotopic (exact) mass is 672 g/mol. The quantitative estimate of drug-likeness (QED) is 0.251. The number of carbonyl (C=O) groups excluding carboxylic acids is 2.